The van der Waals surface area contributed by atoms with Crippen molar-refractivity contribution in [3.8, 4) is 0 Å². The number of rotatable bonds is 7. The van der Waals surface area contributed by atoms with Gasteiger partial charge in [-0.15, -0.1) is 0 Å². The van der Waals surface area contributed by atoms with Crippen molar-refractivity contribution in [1.82, 2.24) is 0 Å². The lowest BCUT2D eigenvalue weighted by Crippen LogP contribution is -2.48. The molecule has 0 aromatic heterocycles. The minimum absolute atomic E-state index is 0.0798. The van der Waals surface area contributed by atoms with Gasteiger partial charge in [-0.1, -0.05) is 48.5 Å². The molecule has 0 aromatic carbocycles. The molecule has 0 N–H and O–H groups in total. The molecule has 0 rings (SSSR count). The quantitative estimate of drug-likeness (QED) is 0.464. The molecule has 0 amide bonds. The van der Waals surface area contributed by atoms with Crippen LogP contribution in [0.1, 0.15) is 48.5 Å². The molecule has 0 heterocycles. The lowest BCUT2D eigenvalue weighted by atomic mass is 10.0. The van der Waals surface area contributed by atoms with E-state index in [-0.39, 0.29) is 17.3 Å². The normalized spacial score (nSPS) is 14.9. The number of alkyl halides is 3. The van der Waals surface area contributed by atoms with Gasteiger partial charge in [-0.2, -0.15) is 21.6 Å². The van der Waals surface area contributed by atoms with Crippen LogP contribution in [0.25, 0.3) is 0 Å². The van der Waals surface area contributed by atoms with Crippen molar-refractivity contribution >= 4 is 18.4 Å². The zero-order chi connectivity index (χ0) is 18.0. The molecule has 0 spiro atoms. The van der Waals surface area contributed by atoms with E-state index in [1.54, 1.807) is 0 Å². The van der Waals surface area contributed by atoms with Crippen molar-refractivity contribution in [2.24, 2.45) is 17.3 Å². The van der Waals surface area contributed by atoms with E-state index in [2.05, 4.69) is 0 Å². The Hall–Kier alpha value is -0.0831. The fourth-order valence-corrected chi connectivity index (χ4v) is 11.4. The van der Waals surface area contributed by atoms with E-state index in [4.69, 9.17) is 3.87 Å². The number of halogens is 3. The molecule has 0 aliphatic rings. The van der Waals surface area contributed by atoms with Crippen LogP contribution in [0, 0.1) is 17.3 Å². The van der Waals surface area contributed by atoms with Crippen molar-refractivity contribution in [2.45, 2.75) is 72.1 Å². The second-order valence-electron chi connectivity index (χ2n) is 8.10. The van der Waals surface area contributed by atoms with Crippen LogP contribution in [-0.2, 0) is 14.0 Å². The maximum atomic E-state index is 12.8. The summed E-state index contributed by atoms with van der Waals surface area (Å²) in [6, 6.07) is 1.18. The summed E-state index contributed by atoms with van der Waals surface area (Å²) in [6.07, 6.45) is 0. The topological polar surface area (TPSA) is 43.4 Å². The molecule has 0 saturated heterocycles. The smallest absolute Gasteiger partial charge is 0.308 e. The van der Waals surface area contributed by atoms with Crippen LogP contribution >= 0.6 is 0 Å². The summed E-state index contributed by atoms with van der Waals surface area (Å²) >= 11 is 0. The largest absolute Gasteiger partial charge is 0.522 e. The average molecular weight is 363 g/mol. The van der Waals surface area contributed by atoms with E-state index < -0.39 is 23.9 Å². The second-order valence-corrected chi connectivity index (χ2v) is 13.7. The molecule has 0 saturated carbocycles. The van der Waals surface area contributed by atoms with E-state index in [1.165, 1.54) is 0 Å². The van der Waals surface area contributed by atoms with Gasteiger partial charge in [0.2, 0.25) is 8.32 Å². The van der Waals surface area contributed by atoms with Crippen LogP contribution in [-0.4, -0.2) is 22.2 Å². The fraction of sp³-hybridized carbons (Fsp3) is 1.00. The summed E-state index contributed by atoms with van der Waals surface area (Å²) in [6.45, 7) is 13.2. The highest BCUT2D eigenvalue weighted by Gasteiger charge is 2.53. The first-order valence-corrected chi connectivity index (χ1v) is 11.5. The van der Waals surface area contributed by atoms with Gasteiger partial charge < -0.3 is 3.87 Å². The lowest BCUT2D eigenvalue weighted by Gasteiger charge is -2.38. The lowest BCUT2D eigenvalue weighted by molar-refractivity contribution is -0.0505. The zero-order valence-electron chi connectivity index (χ0n) is 14.5. The molecule has 0 aromatic rings. The second kappa shape index (κ2) is 7.21. The van der Waals surface area contributed by atoms with Gasteiger partial charge in [0.1, 0.15) is 0 Å². The molecule has 22 heavy (non-hydrogen) atoms. The highest BCUT2D eigenvalue weighted by atomic mass is 32.2. The third-order valence-corrected chi connectivity index (χ3v) is 10.7. The Bertz CT molecular complexity index is 441. The monoisotopic (exact) mass is 362 g/mol. The van der Waals surface area contributed by atoms with Crippen LogP contribution in [0.15, 0.2) is 0 Å². The summed E-state index contributed by atoms with van der Waals surface area (Å²) in [5.41, 5.74) is -5.66. The van der Waals surface area contributed by atoms with Crippen LogP contribution in [0.2, 0.25) is 18.1 Å². The van der Waals surface area contributed by atoms with Gasteiger partial charge in [-0.05, 0) is 35.4 Å². The molecule has 0 atom stereocenters. The first-order chi connectivity index (χ1) is 9.50. The van der Waals surface area contributed by atoms with E-state index in [9.17, 15) is 21.6 Å². The predicted molar refractivity (Wildman–Crippen MR) is 85.4 cm³/mol. The van der Waals surface area contributed by atoms with Gasteiger partial charge in [0.05, 0.1) is 0 Å². The predicted octanol–water partition coefficient (Wildman–Crippen LogP) is 5.16. The van der Waals surface area contributed by atoms with Crippen molar-refractivity contribution in [3.63, 3.8) is 0 Å². The first kappa shape index (κ1) is 21.9. The molecule has 0 bridgehead atoms. The van der Waals surface area contributed by atoms with Gasteiger partial charge in [-0.25, -0.2) is 0 Å². The van der Waals surface area contributed by atoms with E-state index in [0.29, 0.717) is 18.1 Å². The molecule has 0 fully saturated rings. The van der Waals surface area contributed by atoms with E-state index >= 15 is 0 Å². The Morgan fingerprint density at radius 1 is 0.955 bits per heavy atom. The van der Waals surface area contributed by atoms with Crippen LogP contribution in [0.3, 0.4) is 0 Å². The van der Waals surface area contributed by atoms with Gasteiger partial charge in [0.15, 0.2) is 0 Å². The molecule has 8 heteroatoms. The van der Waals surface area contributed by atoms with Gasteiger partial charge in [0, 0.05) is 0 Å². The van der Waals surface area contributed by atoms with E-state index in [0.717, 1.165) is 0 Å². The Kier molecular flexibility index (Phi) is 7.19. The Balaban J connectivity index is 5.82. The van der Waals surface area contributed by atoms with Gasteiger partial charge >= 0.3 is 15.6 Å². The molecular weight excluding hydrogens is 333 g/mol. The molecule has 0 unspecified atom stereocenters. The minimum atomic E-state index is -5.56. The summed E-state index contributed by atoms with van der Waals surface area (Å²) < 4.78 is 66.5. The van der Waals surface area contributed by atoms with Crippen molar-refractivity contribution in [2.75, 3.05) is 0 Å². The average Bonchev–Trinajstić information content (AvgIpc) is 2.06. The molecular formula is C14H29F3O3SSi. The van der Waals surface area contributed by atoms with E-state index in [1.807, 2.05) is 48.5 Å². The molecule has 0 radical (unpaired) electrons. The van der Waals surface area contributed by atoms with Gasteiger partial charge in [-0.3, -0.25) is 0 Å². The first-order valence-electron chi connectivity index (χ1n) is 7.52. The number of hydrogen-bond donors (Lipinski definition) is 0. The van der Waals surface area contributed by atoms with Crippen molar-refractivity contribution in [3.05, 3.63) is 0 Å². The van der Waals surface area contributed by atoms with Crippen LogP contribution in [0.4, 0.5) is 13.2 Å². The van der Waals surface area contributed by atoms with Crippen LogP contribution < -0.4 is 0 Å². The summed E-state index contributed by atoms with van der Waals surface area (Å²) in [5.74, 6) is 0.160. The molecule has 0 aliphatic carbocycles. The minimum Gasteiger partial charge on any atom is -0.308 e. The fourth-order valence-electron chi connectivity index (χ4n) is 3.06. The van der Waals surface area contributed by atoms with Crippen molar-refractivity contribution in [1.29, 1.82) is 0 Å². The maximum Gasteiger partial charge on any atom is 0.522 e. The molecule has 134 valence electrons. The summed E-state index contributed by atoms with van der Waals surface area (Å²) in [7, 11) is -8.67. The summed E-state index contributed by atoms with van der Waals surface area (Å²) in [5, 5.41) is 0. The zero-order valence-corrected chi connectivity index (χ0v) is 16.4. The van der Waals surface area contributed by atoms with Gasteiger partial charge in [0.25, 0.3) is 0 Å². The maximum absolute atomic E-state index is 12.8. The van der Waals surface area contributed by atoms with Crippen LogP contribution in [0.5, 0.6) is 0 Å². The third-order valence-electron chi connectivity index (χ3n) is 2.98. The highest BCUT2D eigenvalue weighted by molar-refractivity contribution is 7.88. The number of hydrogen-bond acceptors (Lipinski definition) is 3. The van der Waals surface area contributed by atoms with Crippen molar-refractivity contribution < 1.29 is 25.5 Å². The summed E-state index contributed by atoms with van der Waals surface area (Å²) in [4.78, 5) is 0. The Morgan fingerprint density at radius 3 is 1.55 bits per heavy atom. The SMILES string of the molecule is CC(C)C[Si](CC(C)C)(CC(C)(C)C)OS(=O)(=O)C(F)(F)F. The highest BCUT2D eigenvalue weighted by Crippen LogP contribution is 2.41. The third kappa shape index (κ3) is 7.46. The Labute approximate surface area is 133 Å². The Morgan fingerprint density at radius 2 is 1.32 bits per heavy atom. The molecule has 0 aliphatic heterocycles. The standard InChI is InChI=1S/C14H29F3O3SSi/c1-11(2)8-22(9-12(3)4,10-13(5,6)7)20-21(18,19)14(15,16)17/h11-12H,8-10H2,1-7H3. The molecule has 3 nitrogen and oxygen atoms in total.